The van der Waals surface area contributed by atoms with Crippen LogP contribution in [0.1, 0.15) is 58.8 Å². The van der Waals surface area contributed by atoms with Crippen LogP contribution in [0.3, 0.4) is 0 Å². The highest BCUT2D eigenvalue weighted by atomic mass is 16.3. The Bertz CT molecular complexity index is 209. The fourth-order valence-corrected chi connectivity index (χ4v) is 3.69. The smallest absolute Gasteiger partial charge is 0.0693 e. The molecule has 2 aliphatic rings. The second-order valence-electron chi connectivity index (χ2n) is 6.24. The van der Waals surface area contributed by atoms with Crippen LogP contribution in [0.25, 0.3) is 0 Å². The van der Waals surface area contributed by atoms with Crippen molar-refractivity contribution in [3.05, 3.63) is 0 Å². The van der Waals surface area contributed by atoms with E-state index in [0.717, 1.165) is 18.3 Å². The number of nitrogens with one attached hydrogen (secondary N) is 1. The van der Waals surface area contributed by atoms with Gasteiger partial charge >= 0.3 is 0 Å². The molecule has 2 rings (SSSR count). The van der Waals surface area contributed by atoms with Crippen LogP contribution in [0.4, 0.5) is 0 Å². The highest BCUT2D eigenvalue weighted by Gasteiger charge is 2.29. The van der Waals surface area contributed by atoms with Gasteiger partial charge in [-0.1, -0.05) is 26.7 Å². The van der Waals surface area contributed by atoms with Crippen molar-refractivity contribution in [2.24, 2.45) is 11.8 Å². The number of aliphatic hydroxyl groups excluding tert-OH is 1. The monoisotopic (exact) mass is 225 g/mol. The molecule has 2 heteroatoms. The predicted octanol–water partition coefficient (Wildman–Crippen LogP) is 2.70. The minimum absolute atomic E-state index is 0.0960. The number of aliphatic hydroxyl groups is 1. The molecule has 16 heavy (non-hydrogen) atoms. The summed E-state index contributed by atoms with van der Waals surface area (Å²) in [6, 6.07) is 1.02. The van der Waals surface area contributed by atoms with Crippen LogP contribution >= 0.6 is 0 Å². The van der Waals surface area contributed by atoms with E-state index < -0.39 is 0 Å². The normalized spacial score (nSPS) is 45.6. The molecular formula is C14H27NO. The fraction of sp³-hybridized carbons (Fsp3) is 1.00. The average molecular weight is 225 g/mol. The van der Waals surface area contributed by atoms with E-state index in [1.54, 1.807) is 0 Å². The van der Waals surface area contributed by atoms with Gasteiger partial charge in [-0.05, 0) is 43.9 Å². The predicted molar refractivity (Wildman–Crippen MR) is 67.4 cm³/mol. The third-order valence-corrected chi connectivity index (χ3v) is 4.36. The van der Waals surface area contributed by atoms with E-state index in [1.807, 2.05) is 0 Å². The highest BCUT2D eigenvalue weighted by molar-refractivity contribution is 4.87. The van der Waals surface area contributed by atoms with Crippen LogP contribution in [-0.4, -0.2) is 23.3 Å². The van der Waals surface area contributed by atoms with E-state index >= 15 is 0 Å². The molecule has 2 aliphatic carbocycles. The Morgan fingerprint density at radius 3 is 2.19 bits per heavy atom. The first-order valence-corrected chi connectivity index (χ1v) is 7.09. The van der Waals surface area contributed by atoms with Crippen molar-refractivity contribution in [1.82, 2.24) is 5.32 Å². The molecular weight excluding hydrogens is 198 g/mol. The van der Waals surface area contributed by atoms with E-state index in [2.05, 4.69) is 19.2 Å². The Labute approximate surface area is 99.8 Å². The van der Waals surface area contributed by atoms with Gasteiger partial charge < -0.3 is 10.4 Å². The minimum atomic E-state index is -0.0960. The van der Waals surface area contributed by atoms with Crippen LogP contribution in [0.15, 0.2) is 0 Å². The molecule has 0 amide bonds. The molecule has 0 aliphatic heterocycles. The van der Waals surface area contributed by atoms with E-state index in [0.29, 0.717) is 12.1 Å². The molecule has 0 aromatic rings. The van der Waals surface area contributed by atoms with Crippen LogP contribution in [0.2, 0.25) is 0 Å². The van der Waals surface area contributed by atoms with Crippen molar-refractivity contribution in [3.8, 4) is 0 Å². The lowest BCUT2D eigenvalue weighted by atomic mass is 9.79. The quantitative estimate of drug-likeness (QED) is 0.757. The third-order valence-electron chi connectivity index (χ3n) is 4.36. The van der Waals surface area contributed by atoms with E-state index in [1.165, 1.54) is 38.5 Å². The zero-order chi connectivity index (χ0) is 11.5. The van der Waals surface area contributed by atoms with Gasteiger partial charge in [0.15, 0.2) is 0 Å². The van der Waals surface area contributed by atoms with E-state index in [9.17, 15) is 5.11 Å². The molecule has 0 spiro atoms. The van der Waals surface area contributed by atoms with Crippen molar-refractivity contribution in [2.45, 2.75) is 77.0 Å². The van der Waals surface area contributed by atoms with Gasteiger partial charge in [0.25, 0.3) is 0 Å². The van der Waals surface area contributed by atoms with Crippen molar-refractivity contribution in [1.29, 1.82) is 0 Å². The summed E-state index contributed by atoms with van der Waals surface area (Å²) in [5.74, 6) is 1.70. The highest BCUT2D eigenvalue weighted by Crippen LogP contribution is 2.30. The van der Waals surface area contributed by atoms with Gasteiger partial charge in [-0.25, -0.2) is 0 Å². The van der Waals surface area contributed by atoms with Gasteiger partial charge in [-0.15, -0.1) is 0 Å². The Hall–Kier alpha value is -0.0800. The maximum absolute atomic E-state index is 9.97. The lowest BCUT2D eigenvalue weighted by Crippen LogP contribution is -2.49. The summed E-state index contributed by atoms with van der Waals surface area (Å²) >= 11 is 0. The maximum atomic E-state index is 9.97. The van der Waals surface area contributed by atoms with Gasteiger partial charge in [0.2, 0.25) is 0 Å². The Kier molecular flexibility index (Phi) is 4.26. The molecule has 0 aromatic carbocycles. The molecule has 0 radical (unpaired) electrons. The molecule has 4 unspecified atom stereocenters. The van der Waals surface area contributed by atoms with Crippen molar-refractivity contribution in [2.75, 3.05) is 0 Å². The minimum Gasteiger partial charge on any atom is -0.392 e. The molecule has 2 saturated carbocycles. The summed E-state index contributed by atoms with van der Waals surface area (Å²) in [5.41, 5.74) is 0. The summed E-state index contributed by atoms with van der Waals surface area (Å²) in [4.78, 5) is 0. The van der Waals surface area contributed by atoms with E-state index in [-0.39, 0.29) is 6.10 Å². The Balaban J connectivity index is 1.83. The molecule has 2 fully saturated rings. The van der Waals surface area contributed by atoms with Crippen LogP contribution in [0.5, 0.6) is 0 Å². The second-order valence-corrected chi connectivity index (χ2v) is 6.24. The fourth-order valence-electron chi connectivity index (χ4n) is 3.69. The zero-order valence-corrected chi connectivity index (χ0v) is 10.8. The third kappa shape index (κ3) is 3.21. The maximum Gasteiger partial charge on any atom is 0.0693 e. The molecule has 0 aromatic heterocycles. The molecule has 0 saturated heterocycles. The summed E-state index contributed by atoms with van der Waals surface area (Å²) in [6.07, 6.45) is 8.53. The summed E-state index contributed by atoms with van der Waals surface area (Å²) in [7, 11) is 0. The van der Waals surface area contributed by atoms with Gasteiger partial charge in [0.1, 0.15) is 0 Å². The Morgan fingerprint density at radius 1 is 0.938 bits per heavy atom. The first-order chi connectivity index (χ1) is 7.65. The van der Waals surface area contributed by atoms with Crippen molar-refractivity contribution < 1.29 is 5.11 Å². The standard InChI is InChI=1S/C14H27NO/c1-10-7-11(2)9-12(8-10)15-13-5-3-4-6-14(13)16/h10-16H,3-9H2,1-2H3. The molecule has 0 heterocycles. The summed E-state index contributed by atoms with van der Waals surface area (Å²) in [5, 5.41) is 13.7. The number of hydrogen-bond donors (Lipinski definition) is 2. The first-order valence-electron chi connectivity index (χ1n) is 7.09. The molecule has 2 N–H and O–H groups in total. The zero-order valence-electron chi connectivity index (χ0n) is 10.8. The average Bonchev–Trinajstić information content (AvgIpc) is 2.20. The van der Waals surface area contributed by atoms with Crippen molar-refractivity contribution in [3.63, 3.8) is 0 Å². The Morgan fingerprint density at radius 2 is 1.56 bits per heavy atom. The summed E-state index contributed by atoms with van der Waals surface area (Å²) < 4.78 is 0. The number of hydrogen-bond acceptors (Lipinski definition) is 2. The van der Waals surface area contributed by atoms with Gasteiger partial charge in [-0.2, -0.15) is 0 Å². The lowest BCUT2D eigenvalue weighted by Gasteiger charge is -2.37. The van der Waals surface area contributed by atoms with Gasteiger partial charge in [0, 0.05) is 12.1 Å². The molecule has 2 nitrogen and oxygen atoms in total. The van der Waals surface area contributed by atoms with Gasteiger partial charge in [0.05, 0.1) is 6.10 Å². The van der Waals surface area contributed by atoms with Gasteiger partial charge in [-0.3, -0.25) is 0 Å². The second kappa shape index (κ2) is 5.50. The molecule has 0 bridgehead atoms. The van der Waals surface area contributed by atoms with Crippen LogP contribution in [0, 0.1) is 11.8 Å². The first kappa shape index (κ1) is 12.4. The molecule has 4 atom stereocenters. The lowest BCUT2D eigenvalue weighted by molar-refractivity contribution is 0.0759. The largest absolute Gasteiger partial charge is 0.392 e. The topological polar surface area (TPSA) is 32.3 Å². The van der Waals surface area contributed by atoms with E-state index in [4.69, 9.17) is 0 Å². The SMILES string of the molecule is CC1CC(C)CC(NC2CCCCC2O)C1. The number of rotatable bonds is 2. The molecule has 94 valence electrons. The van der Waals surface area contributed by atoms with Crippen molar-refractivity contribution >= 4 is 0 Å². The summed E-state index contributed by atoms with van der Waals surface area (Å²) in [6.45, 7) is 4.73. The van der Waals surface area contributed by atoms with Crippen LogP contribution in [-0.2, 0) is 0 Å². The van der Waals surface area contributed by atoms with Crippen LogP contribution < -0.4 is 5.32 Å².